The Bertz CT molecular complexity index is 1910. The Balaban J connectivity index is 1.40. The maximum Gasteiger partial charge on any atom is 0.416 e. The number of carbonyl (C=O) groups is 1. The lowest BCUT2D eigenvalue weighted by Gasteiger charge is -2.35. The molecule has 1 saturated heterocycles. The zero-order valence-electron chi connectivity index (χ0n) is 23.6. The fourth-order valence-corrected chi connectivity index (χ4v) is 4.92. The highest BCUT2D eigenvalue weighted by Crippen LogP contribution is 2.30. The second-order valence-electron chi connectivity index (χ2n) is 10.1. The van der Waals surface area contributed by atoms with Crippen molar-refractivity contribution in [3.05, 3.63) is 86.1 Å². The number of alkyl halides is 3. The van der Waals surface area contributed by atoms with Crippen LogP contribution >= 0.6 is 0 Å². The van der Waals surface area contributed by atoms with Crippen molar-refractivity contribution in [3.8, 4) is 11.8 Å². The first-order chi connectivity index (χ1) is 20.9. The predicted octanol–water partition coefficient (Wildman–Crippen LogP) is 3.62. The van der Waals surface area contributed by atoms with E-state index in [1.807, 2.05) is 4.90 Å². The zero-order chi connectivity index (χ0) is 31.8. The molecule has 0 bridgehead atoms. The van der Waals surface area contributed by atoms with E-state index in [1.165, 1.54) is 34.7 Å². The van der Waals surface area contributed by atoms with Crippen molar-refractivity contribution in [2.45, 2.75) is 26.2 Å². The van der Waals surface area contributed by atoms with Gasteiger partial charge in [-0.1, -0.05) is 12.0 Å². The van der Waals surface area contributed by atoms with Gasteiger partial charge in [0.1, 0.15) is 0 Å². The number of aromatic nitrogens is 4. The molecule has 44 heavy (non-hydrogen) atoms. The number of halogens is 5. The summed E-state index contributed by atoms with van der Waals surface area (Å²) in [5, 5.41) is 2.60. The fraction of sp³-hybridized carbons (Fsp3) is 0.310. The number of urea groups is 1. The molecule has 0 spiro atoms. The van der Waals surface area contributed by atoms with E-state index in [0.717, 1.165) is 28.8 Å². The molecule has 3 heterocycles. The fourth-order valence-electron chi connectivity index (χ4n) is 4.92. The van der Waals surface area contributed by atoms with Crippen molar-refractivity contribution >= 4 is 28.8 Å². The molecule has 0 saturated carbocycles. The van der Waals surface area contributed by atoms with Crippen molar-refractivity contribution in [2.75, 3.05) is 36.4 Å². The highest BCUT2D eigenvalue weighted by Gasteiger charge is 2.31. The molecule has 5 rings (SSSR count). The van der Waals surface area contributed by atoms with Crippen molar-refractivity contribution in [1.29, 1.82) is 0 Å². The summed E-state index contributed by atoms with van der Waals surface area (Å²) in [6.45, 7) is 2.44. The summed E-state index contributed by atoms with van der Waals surface area (Å²) in [5.41, 5.74) is -1.58. The molecule has 2 aromatic heterocycles. The van der Waals surface area contributed by atoms with Gasteiger partial charge < -0.3 is 15.1 Å². The normalized spacial score (nSPS) is 13.6. The van der Waals surface area contributed by atoms with Crippen LogP contribution < -0.4 is 21.5 Å². The minimum atomic E-state index is -4.49. The number of amides is 2. The van der Waals surface area contributed by atoms with Crippen molar-refractivity contribution < 1.29 is 26.7 Å². The Morgan fingerprint density at radius 1 is 0.977 bits per heavy atom. The quantitative estimate of drug-likeness (QED) is 0.273. The van der Waals surface area contributed by atoms with Gasteiger partial charge in [0.05, 0.1) is 18.7 Å². The summed E-state index contributed by atoms with van der Waals surface area (Å²) in [6, 6.07) is 6.76. The summed E-state index contributed by atoms with van der Waals surface area (Å²) in [7, 11) is 1.45. The largest absolute Gasteiger partial charge is 0.416 e. The average molecular weight is 616 g/mol. The summed E-state index contributed by atoms with van der Waals surface area (Å²) in [5.74, 6) is 3.87. The third-order valence-corrected chi connectivity index (χ3v) is 7.26. The second kappa shape index (κ2) is 11.9. The number of benzene rings is 2. The molecule has 0 unspecified atom stereocenters. The number of rotatable bonds is 5. The van der Waals surface area contributed by atoms with Gasteiger partial charge in [-0.3, -0.25) is 18.5 Å². The number of nitrogens with zero attached hydrogens (tertiary/aromatic N) is 6. The lowest BCUT2D eigenvalue weighted by Crippen LogP contribution is -2.50. The van der Waals surface area contributed by atoms with Crippen molar-refractivity contribution in [3.63, 3.8) is 0 Å². The van der Waals surface area contributed by atoms with Gasteiger partial charge in [-0.25, -0.2) is 18.4 Å². The molecule has 1 aliphatic heterocycles. The molecule has 0 atom stereocenters. The van der Waals surface area contributed by atoms with E-state index < -0.39 is 40.7 Å². The number of fused-ring (bicyclic) bond motifs is 1. The molecule has 0 radical (unpaired) electrons. The first-order valence-corrected chi connectivity index (χ1v) is 13.4. The Morgan fingerprint density at radius 2 is 1.66 bits per heavy atom. The van der Waals surface area contributed by atoms with Gasteiger partial charge >= 0.3 is 17.9 Å². The van der Waals surface area contributed by atoms with Gasteiger partial charge in [0.2, 0.25) is 5.95 Å². The molecule has 4 aromatic rings. The molecule has 2 aromatic carbocycles. The van der Waals surface area contributed by atoms with Crippen LogP contribution in [-0.2, 0) is 26.3 Å². The van der Waals surface area contributed by atoms with Gasteiger partial charge in [-0.05, 0) is 48.9 Å². The number of piperazine rings is 1. The van der Waals surface area contributed by atoms with Crippen molar-refractivity contribution in [2.24, 2.45) is 7.05 Å². The van der Waals surface area contributed by atoms with E-state index in [-0.39, 0.29) is 48.6 Å². The first kappa shape index (κ1) is 30.3. The topological polar surface area (TPSA) is 97.4 Å². The Labute approximate surface area is 246 Å². The molecule has 0 aliphatic carbocycles. The number of nitrogens with one attached hydrogen (secondary N) is 1. The Hall–Kier alpha value is -5.13. The third-order valence-electron chi connectivity index (χ3n) is 7.26. The van der Waals surface area contributed by atoms with Gasteiger partial charge in [0, 0.05) is 38.9 Å². The standard InChI is InChI=1S/C29H26F5N7O3/c1-3-4-11-40-23-24(37(2)28(44)41(25(23)42)17-18-5-10-21(30)22(31)16-18)36-26(40)38-12-14-39(15-13-38)27(43)35-20-8-6-19(7-9-20)29(32,33)34/h5-10,16H,11-15,17H2,1-2H3,(H,35,43). The van der Waals surface area contributed by atoms with Crippen LogP contribution in [0.25, 0.3) is 11.2 Å². The average Bonchev–Trinajstić information content (AvgIpc) is 3.38. The second-order valence-corrected chi connectivity index (χ2v) is 10.1. The number of imidazole rings is 1. The maximum atomic E-state index is 13.8. The van der Waals surface area contributed by atoms with Gasteiger partial charge in [0.15, 0.2) is 22.8 Å². The lowest BCUT2D eigenvalue weighted by molar-refractivity contribution is -0.137. The molecular weight excluding hydrogens is 589 g/mol. The molecule has 10 nitrogen and oxygen atoms in total. The Kier molecular flexibility index (Phi) is 8.18. The van der Waals surface area contributed by atoms with E-state index in [2.05, 4.69) is 22.1 Å². The molecule has 2 amide bonds. The van der Waals surface area contributed by atoms with Crippen molar-refractivity contribution in [1.82, 2.24) is 23.6 Å². The van der Waals surface area contributed by atoms with E-state index in [0.29, 0.717) is 19.0 Å². The summed E-state index contributed by atoms with van der Waals surface area (Å²) in [6.07, 6.45) is -4.49. The number of hydrogen-bond donors (Lipinski definition) is 1. The first-order valence-electron chi connectivity index (χ1n) is 13.4. The summed E-state index contributed by atoms with van der Waals surface area (Å²) < 4.78 is 69.5. The Morgan fingerprint density at radius 3 is 2.27 bits per heavy atom. The highest BCUT2D eigenvalue weighted by molar-refractivity contribution is 5.89. The lowest BCUT2D eigenvalue weighted by atomic mass is 10.2. The molecule has 15 heteroatoms. The van der Waals surface area contributed by atoms with Crippen LogP contribution in [-0.4, -0.2) is 55.8 Å². The SMILES string of the molecule is CC#CCn1c(N2CCN(C(=O)Nc3ccc(C(F)(F)F)cc3)CC2)nc2c1c(=O)n(Cc1ccc(F)c(F)c1)c(=O)n2C. The van der Waals surface area contributed by atoms with Crippen LogP contribution in [0, 0.1) is 23.5 Å². The predicted molar refractivity (Wildman–Crippen MR) is 152 cm³/mol. The van der Waals surface area contributed by atoms with E-state index in [4.69, 9.17) is 0 Å². The smallest absolute Gasteiger partial charge is 0.339 e. The number of anilines is 2. The van der Waals surface area contributed by atoms with Crippen LogP contribution in [0.15, 0.2) is 52.1 Å². The van der Waals surface area contributed by atoms with Gasteiger partial charge in [0.25, 0.3) is 5.56 Å². The van der Waals surface area contributed by atoms with Crippen LogP contribution in [0.2, 0.25) is 0 Å². The number of aryl methyl sites for hydroxylation is 1. The van der Waals surface area contributed by atoms with Gasteiger partial charge in [-0.15, -0.1) is 5.92 Å². The molecular formula is C29H26F5N7O3. The zero-order valence-corrected chi connectivity index (χ0v) is 23.6. The van der Waals surface area contributed by atoms with Crippen LogP contribution in [0.4, 0.5) is 38.4 Å². The van der Waals surface area contributed by atoms with E-state index in [9.17, 15) is 36.3 Å². The van der Waals surface area contributed by atoms with E-state index in [1.54, 1.807) is 11.5 Å². The summed E-state index contributed by atoms with van der Waals surface area (Å²) >= 11 is 0. The molecule has 1 N–H and O–H groups in total. The van der Waals surface area contributed by atoms with Crippen LogP contribution in [0.5, 0.6) is 0 Å². The molecule has 1 fully saturated rings. The van der Waals surface area contributed by atoms with Gasteiger partial charge in [-0.2, -0.15) is 18.2 Å². The highest BCUT2D eigenvalue weighted by atomic mass is 19.4. The third kappa shape index (κ3) is 5.87. The number of hydrogen-bond acceptors (Lipinski definition) is 5. The molecule has 1 aliphatic rings. The minimum absolute atomic E-state index is 0.0651. The number of carbonyl (C=O) groups excluding carboxylic acids is 1. The monoisotopic (exact) mass is 615 g/mol. The summed E-state index contributed by atoms with van der Waals surface area (Å²) in [4.78, 5) is 47.6. The van der Waals surface area contributed by atoms with Crippen LogP contribution in [0.1, 0.15) is 18.1 Å². The van der Waals surface area contributed by atoms with Crippen LogP contribution in [0.3, 0.4) is 0 Å². The molecule has 230 valence electrons. The van der Waals surface area contributed by atoms with E-state index >= 15 is 0 Å². The maximum absolute atomic E-state index is 13.8. The minimum Gasteiger partial charge on any atom is -0.339 e.